The van der Waals surface area contributed by atoms with Crippen LogP contribution >= 0.6 is 0 Å². The molecule has 2 amide bonds. The van der Waals surface area contributed by atoms with Crippen LogP contribution in [0.3, 0.4) is 0 Å². The number of aromatic nitrogens is 1. The van der Waals surface area contributed by atoms with Gasteiger partial charge in [-0.15, -0.1) is 0 Å². The fraction of sp³-hybridized carbons (Fsp3) is 0.476. The van der Waals surface area contributed by atoms with Crippen LogP contribution in [0.2, 0.25) is 0 Å². The molecule has 0 bridgehead atoms. The van der Waals surface area contributed by atoms with Crippen molar-refractivity contribution in [3.05, 3.63) is 35.9 Å². The second-order valence-electron chi connectivity index (χ2n) is 8.15. The van der Waals surface area contributed by atoms with Crippen molar-refractivity contribution in [2.45, 2.75) is 32.3 Å². The zero-order valence-corrected chi connectivity index (χ0v) is 16.1. The molecule has 2 aliphatic heterocycles. The highest BCUT2D eigenvalue weighted by atomic mass is 16.3. The number of carbonyl (C=O) groups is 2. The molecular weight excluding hydrogens is 356 g/mol. The number of β-amino-alcohol motifs (C(OH)–C–C–N with tert-alkyl or cyclic N) is 1. The zero-order valence-electron chi connectivity index (χ0n) is 16.1. The van der Waals surface area contributed by atoms with Gasteiger partial charge in [0, 0.05) is 38.5 Å². The first-order valence-electron chi connectivity index (χ1n) is 9.75. The number of aliphatic hydroxyl groups is 1. The first-order valence-corrected chi connectivity index (χ1v) is 9.75. The Morgan fingerprint density at radius 1 is 1.25 bits per heavy atom. The Morgan fingerprint density at radius 3 is 2.64 bits per heavy atom. The van der Waals surface area contributed by atoms with Gasteiger partial charge in [0.15, 0.2) is 0 Å². The smallest absolute Gasteiger partial charge is 0.249 e. The molecule has 1 aromatic heterocycles. The number of hydrogen-bond donors (Lipinski definition) is 2. The van der Waals surface area contributed by atoms with Gasteiger partial charge in [-0.1, -0.05) is 18.2 Å². The summed E-state index contributed by atoms with van der Waals surface area (Å²) in [4.78, 5) is 32.4. The molecule has 2 aliphatic rings. The fourth-order valence-corrected chi connectivity index (χ4v) is 4.69. The van der Waals surface area contributed by atoms with Gasteiger partial charge in [-0.3, -0.25) is 9.59 Å². The second kappa shape index (κ2) is 7.05. The van der Waals surface area contributed by atoms with Crippen molar-refractivity contribution >= 4 is 28.5 Å². The van der Waals surface area contributed by atoms with Gasteiger partial charge in [-0.05, 0) is 36.8 Å². The molecule has 7 heteroatoms. The third kappa shape index (κ3) is 3.42. The van der Waals surface area contributed by atoms with Crippen molar-refractivity contribution in [1.29, 1.82) is 0 Å². The van der Waals surface area contributed by atoms with Crippen molar-refractivity contribution in [3.63, 3.8) is 0 Å². The van der Waals surface area contributed by atoms with Gasteiger partial charge in [-0.25, -0.2) is 4.98 Å². The number of likely N-dealkylation sites (tertiary alicyclic amines) is 1. The van der Waals surface area contributed by atoms with Crippen molar-refractivity contribution in [2.75, 3.05) is 31.1 Å². The first kappa shape index (κ1) is 18.7. The molecule has 3 N–H and O–H groups in total. The maximum absolute atomic E-state index is 11.9. The molecule has 0 saturated carbocycles. The standard InChI is InChI=1S/C21H26N4O3/c1-14(26)25-12-15(27)11-21(13-25)6-8-24(9-7-21)19-10-17(20(22)28)16-4-2-3-5-18(16)23-19/h2-5,10,15,27H,6-9,11-13H2,1H3,(H2,22,28). The number of pyridine rings is 1. The number of amides is 2. The number of piperidine rings is 2. The van der Waals surface area contributed by atoms with E-state index < -0.39 is 12.0 Å². The predicted molar refractivity (Wildman–Crippen MR) is 107 cm³/mol. The lowest BCUT2D eigenvalue weighted by molar-refractivity contribution is -0.137. The second-order valence-corrected chi connectivity index (χ2v) is 8.15. The number of carbonyl (C=O) groups excluding carboxylic acids is 2. The molecular formula is C21H26N4O3. The summed E-state index contributed by atoms with van der Waals surface area (Å²) in [6.07, 6.45) is 2.00. The molecule has 7 nitrogen and oxygen atoms in total. The van der Waals surface area contributed by atoms with E-state index in [1.165, 1.54) is 0 Å². The molecule has 2 saturated heterocycles. The maximum Gasteiger partial charge on any atom is 0.249 e. The summed E-state index contributed by atoms with van der Waals surface area (Å²) in [6, 6.07) is 9.29. The first-order chi connectivity index (χ1) is 13.4. The van der Waals surface area contributed by atoms with Crippen LogP contribution in [0.25, 0.3) is 10.9 Å². The third-order valence-electron chi connectivity index (χ3n) is 6.19. The number of primary amides is 1. The molecule has 1 unspecified atom stereocenters. The van der Waals surface area contributed by atoms with Gasteiger partial charge < -0.3 is 20.6 Å². The maximum atomic E-state index is 11.9. The lowest BCUT2D eigenvalue weighted by atomic mass is 9.71. The number of para-hydroxylation sites is 1. The SMILES string of the molecule is CC(=O)N1CC(O)CC2(CCN(c3cc(C(N)=O)c4ccccc4n3)CC2)C1. The highest BCUT2D eigenvalue weighted by Gasteiger charge is 2.42. The van der Waals surface area contributed by atoms with Crippen LogP contribution < -0.4 is 10.6 Å². The number of aliphatic hydroxyl groups excluding tert-OH is 1. The van der Waals surface area contributed by atoms with E-state index in [-0.39, 0.29) is 11.3 Å². The number of nitrogens with two attached hydrogens (primary N) is 1. The molecule has 1 aromatic carbocycles. The van der Waals surface area contributed by atoms with Gasteiger partial charge in [0.1, 0.15) is 5.82 Å². The number of benzene rings is 1. The van der Waals surface area contributed by atoms with E-state index >= 15 is 0 Å². The Labute approximate surface area is 164 Å². The largest absolute Gasteiger partial charge is 0.391 e. The molecule has 148 valence electrons. The molecule has 4 rings (SSSR count). The fourth-order valence-electron chi connectivity index (χ4n) is 4.69. The summed E-state index contributed by atoms with van der Waals surface area (Å²) in [5.74, 6) is 0.311. The van der Waals surface area contributed by atoms with Gasteiger partial charge in [0.25, 0.3) is 0 Å². The molecule has 1 spiro atoms. The van der Waals surface area contributed by atoms with Crippen LogP contribution in [0.4, 0.5) is 5.82 Å². The van der Waals surface area contributed by atoms with E-state index in [1.807, 2.05) is 24.3 Å². The van der Waals surface area contributed by atoms with E-state index in [4.69, 9.17) is 10.7 Å². The van der Waals surface area contributed by atoms with Crippen molar-refractivity contribution in [2.24, 2.45) is 11.1 Å². The van der Waals surface area contributed by atoms with Gasteiger partial charge in [0.2, 0.25) is 11.8 Å². The van der Waals surface area contributed by atoms with Crippen LogP contribution in [0, 0.1) is 5.41 Å². The third-order valence-corrected chi connectivity index (χ3v) is 6.19. The number of hydrogen-bond acceptors (Lipinski definition) is 5. The average Bonchev–Trinajstić information content (AvgIpc) is 2.67. The number of rotatable bonds is 2. The molecule has 28 heavy (non-hydrogen) atoms. The predicted octanol–water partition coefficient (Wildman–Crippen LogP) is 1.53. The Bertz CT molecular complexity index is 921. The van der Waals surface area contributed by atoms with Gasteiger partial charge in [0.05, 0.1) is 17.2 Å². The minimum Gasteiger partial charge on any atom is -0.391 e. The average molecular weight is 382 g/mol. The summed E-state index contributed by atoms with van der Waals surface area (Å²) >= 11 is 0. The monoisotopic (exact) mass is 382 g/mol. The minimum atomic E-state index is -0.468. The molecule has 2 aromatic rings. The lowest BCUT2D eigenvalue weighted by Crippen LogP contribution is -2.55. The molecule has 0 aliphatic carbocycles. The van der Waals surface area contributed by atoms with Crippen LogP contribution in [0.5, 0.6) is 0 Å². The Hall–Kier alpha value is -2.67. The number of anilines is 1. The van der Waals surface area contributed by atoms with Crippen LogP contribution in [0.1, 0.15) is 36.5 Å². The van der Waals surface area contributed by atoms with E-state index in [0.717, 1.165) is 49.1 Å². The van der Waals surface area contributed by atoms with Crippen LogP contribution in [-0.2, 0) is 4.79 Å². The Kier molecular flexibility index (Phi) is 4.71. The van der Waals surface area contributed by atoms with Crippen molar-refractivity contribution in [3.8, 4) is 0 Å². The Balaban J connectivity index is 1.57. The molecule has 3 heterocycles. The van der Waals surface area contributed by atoms with E-state index in [2.05, 4.69) is 4.90 Å². The van der Waals surface area contributed by atoms with Gasteiger partial charge >= 0.3 is 0 Å². The Morgan fingerprint density at radius 2 is 1.96 bits per heavy atom. The highest BCUT2D eigenvalue weighted by molar-refractivity contribution is 6.06. The number of fused-ring (bicyclic) bond motifs is 1. The minimum absolute atomic E-state index is 0.0165. The molecule has 2 fully saturated rings. The van der Waals surface area contributed by atoms with Crippen LogP contribution in [-0.4, -0.2) is 59.1 Å². The summed E-state index contributed by atoms with van der Waals surface area (Å²) in [5.41, 5.74) is 6.78. The van der Waals surface area contributed by atoms with E-state index in [0.29, 0.717) is 18.7 Å². The van der Waals surface area contributed by atoms with Gasteiger partial charge in [-0.2, -0.15) is 0 Å². The van der Waals surface area contributed by atoms with Crippen molar-refractivity contribution < 1.29 is 14.7 Å². The topological polar surface area (TPSA) is 99.8 Å². The van der Waals surface area contributed by atoms with E-state index in [1.54, 1.807) is 17.9 Å². The van der Waals surface area contributed by atoms with Crippen molar-refractivity contribution in [1.82, 2.24) is 9.88 Å². The molecule has 1 atom stereocenters. The van der Waals surface area contributed by atoms with E-state index in [9.17, 15) is 14.7 Å². The quantitative estimate of drug-likeness (QED) is 0.821. The zero-order chi connectivity index (χ0) is 19.9. The normalized spacial score (nSPS) is 21.9. The summed E-state index contributed by atoms with van der Waals surface area (Å²) in [6.45, 7) is 4.22. The summed E-state index contributed by atoms with van der Waals surface area (Å²) in [5, 5.41) is 11.0. The van der Waals surface area contributed by atoms with Crippen LogP contribution in [0.15, 0.2) is 30.3 Å². The molecule has 0 radical (unpaired) electrons. The highest BCUT2D eigenvalue weighted by Crippen LogP contribution is 2.41. The number of nitrogens with zero attached hydrogens (tertiary/aromatic N) is 3. The lowest BCUT2D eigenvalue weighted by Gasteiger charge is -2.49. The summed E-state index contributed by atoms with van der Waals surface area (Å²) < 4.78 is 0. The summed E-state index contributed by atoms with van der Waals surface area (Å²) in [7, 11) is 0.